The minimum absolute atomic E-state index is 0.127. The van der Waals surface area contributed by atoms with E-state index in [1.807, 2.05) is 6.07 Å². The molecule has 3 aromatic heterocycles. The summed E-state index contributed by atoms with van der Waals surface area (Å²) >= 11 is 0. The fraction of sp³-hybridized carbons (Fsp3) is 0.0625. The van der Waals surface area contributed by atoms with E-state index in [-0.39, 0.29) is 11.5 Å². The molecule has 4 aromatic rings. The third kappa shape index (κ3) is 3.15. The molecule has 0 spiro atoms. The van der Waals surface area contributed by atoms with Crippen LogP contribution in [0.4, 0.5) is 23.0 Å². The van der Waals surface area contributed by atoms with Crippen LogP contribution in [0.2, 0.25) is 0 Å². The van der Waals surface area contributed by atoms with E-state index in [2.05, 4.69) is 31.0 Å². The molecule has 0 fully saturated rings. The van der Waals surface area contributed by atoms with E-state index in [0.717, 1.165) is 5.76 Å². The maximum atomic E-state index is 11.3. The predicted molar refractivity (Wildman–Crippen MR) is 94.1 cm³/mol. The van der Waals surface area contributed by atoms with Crippen LogP contribution in [0.5, 0.6) is 0 Å². The molecular weight excluding hydrogens is 338 g/mol. The largest absolute Gasteiger partial charge is 0.467 e. The summed E-state index contributed by atoms with van der Waals surface area (Å²) in [6, 6.07) is 11.8. The van der Waals surface area contributed by atoms with E-state index in [1.54, 1.807) is 36.6 Å². The molecule has 0 aliphatic heterocycles. The molecule has 3 N–H and O–H groups in total. The highest BCUT2D eigenvalue weighted by molar-refractivity contribution is 5.80. The highest BCUT2D eigenvalue weighted by Crippen LogP contribution is 2.28. The molecule has 10 heteroatoms. The number of fused-ring (bicyclic) bond motifs is 1. The first-order valence-corrected chi connectivity index (χ1v) is 7.68. The molecule has 3 heterocycles. The molecule has 0 radical (unpaired) electrons. The number of anilines is 3. The lowest BCUT2D eigenvalue weighted by Gasteiger charge is -2.09. The quantitative estimate of drug-likeness (QED) is 0.356. The van der Waals surface area contributed by atoms with Crippen LogP contribution in [-0.2, 0) is 6.54 Å². The lowest BCUT2D eigenvalue weighted by Crippen LogP contribution is -2.05. The van der Waals surface area contributed by atoms with Crippen molar-refractivity contribution in [3.63, 3.8) is 0 Å². The Hall–Kier alpha value is -3.95. The van der Waals surface area contributed by atoms with Gasteiger partial charge in [0.2, 0.25) is 5.82 Å². The van der Waals surface area contributed by atoms with Crippen LogP contribution in [0.1, 0.15) is 5.76 Å². The van der Waals surface area contributed by atoms with Gasteiger partial charge in [-0.3, -0.25) is 10.1 Å². The topological polar surface area (TPSA) is 135 Å². The molecule has 0 saturated carbocycles. The Morgan fingerprint density at radius 2 is 2.04 bits per heavy atom. The molecule has 0 amide bonds. The molecule has 10 nitrogen and oxygen atoms in total. The highest BCUT2D eigenvalue weighted by atomic mass is 16.6. The summed E-state index contributed by atoms with van der Waals surface area (Å²) in [5.74, 6) is 1.34. The summed E-state index contributed by atoms with van der Waals surface area (Å²) in [4.78, 5) is 15.1. The number of hydrogen-bond donors (Lipinski definition) is 3. The van der Waals surface area contributed by atoms with Crippen molar-refractivity contribution >= 4 is 34.0 Å². The van der Waals surface area contributed by atoms with Crippen LogP contribution in [0.15, 0.2) is 53.1 Å². The van der Waals surface area contributed by atoms with E-state index in [9.17, 15) is 10.1 Å². The minimum Gasteiger partial charge on any atom is -0.467 e. The third-order valence-electron chi connectivity index (χ3n) is 3.67. The van der Waals surface area contributed by atoms with Gasteiger partial charge in [-0.05, 0) is 36.4 Å². The molecular formula is C16H13N7O3. The lowest BCUT2D eigenvalue weighted by atomic mass is 10.2. The molecule has 4 rings (SSSR count). The van der Waals surface area contributed by atoms with Gasteiger partial charge in [-0.2, -0.15) is 15.4 Å². The number of nitro groups is 1. The lowest BCUT2D eigenvalue weighted by molar-refractivity contribution is -0.384. The first kappa shape index (κ1) is 15.6. The molecule has 0 atom stereocenters. The number of nitrogens with one attached hydrogen (secondary N) is 3. The summed E-state index contributed by atoms with van der Waals surface area (Å²) in [7, 11) is 0. The first-order valence-electron chi connectivity index (χ1n) is 7.68. The second-order valence-corrected chi connectivity index (χ2v) is 5.41. The SMILES string of the molecule is O=[N+]([O-])c1ccc(NCc2ccco2)nc1Nc1ccc2n[nH]nc2c1. The fourth-order valence-corrected chi connectivity index (χ4v) is 2.44. The Morgan fingerprint density at radius 3 is 2.85 bits per heavy atom. The Bertz CT molecular complexity index is 1060. The molecule has 26 heavy (non-hydrogen) atoms. The van der Waals surface area contributed by atoms with E-state index < -0.39 is 4.92 Å². The number of hydrogen-bond acceptors (Lipinski definition) is 8. The number of nitrogens with zero attached hydrogens (tertiary/aromatic N) is 4. The number of H-pyrrole nitrogens is 1. The second kappa shape index (κ2) is 6.51. The van der Waals surface area contributed by atoms with Gasteiger partial charge in [0.15, 0.2) is 0 Å². The van der Waals surface area contributed by atoms with Crippen LogP contribution < -0.4 is 10.6 Å². The first-order chi connectivity index (χ1) is 12.7. The van der Waals surface area contributed by atoms with Crippen LogP contribution in [0, 0.1) is 10.1 Å². The second-order valence-electron chi connectivity index (χ2n) is 5.41. The van der Waals surface area contributed by atoms with Crippen molar-refractivity contribution in [3.8, 4) is 0 Å². The van der Waals surface area contributed by atoms with Crippen molar-refractivity contribution in [1.82, 2.24) is 20.4 Å². The van der Waals surface area contributed by atoms with Crippen molar-refractivity contribution in [3.05, 3.63) is 64.6 Å². The molecule has 1 aromatic carbocycles. The Balaban J connectivity index is 1.61. The molecule has 0 aliphatic rings. The summed E-state index contributed by atoms with van der Waals surface area (Å²) < 4.78 is 5.25. The minimum atomic E-state index is -0.486. The van der Waals surface area contributed by atoms with Gasteiger partial charge in [0.1, 0.15) is 22.6 Å². The van der Waals surface area contributed by atoms with Gasteiger partial charge >= 0.3 is 5.69 Å². The molecule has 0 unspecified atom stereocenters. The zero-order chi connectivity index (χ0) is 17.9. The zero-order valence-corrected chi connectivity index (χ0v) is 13.3. The normalized spacial score (nSPS) is 10.8. The van der Waals surface area contributed by atoms with Crippen LogP contribution in [-0.4, -0.2) is 25.3 Å². The maximum absolute atomic E-state index is 11.3. The van der Waals surface area contributed by atoms with Gasteiger partial charge in [-0.1, -0.05) is 0 Å². The van der Waals surface area contributed by atoms with Gasteiger partial charge in [-0.25, -0.2) is 4.98 Å². The average molecular weight is 351 g/mol. The van der Waals surface area contributed by atoms with Crippen LogP contribution >= 0.6 is 0 Å². The van der Waals surface area contributed by atoms with Crippen molar-refractivity contribution < 1.29 is 9.34 Å². The average Bonchev–Trinajstić information content (AvgIpc) is 3.31. The number of benzene rings is 1. The Kier molecular flexibility index (Phi) is 3.90. The third-order valence-corrected chi connectivity index (χ3v) is 3.67. The molecule has 0 saturated heterocycles. The summed E-state index contributed by atoms with van der Waals surface area (Å²) in [6.07, 6.45) is 1.58. The standard InChI is InChI=1S/C16H13N7O3/c24-23(25)14-5-6-15(17-9-11-2-1-7-26-11)19-16(14)18-10-3-4-12-13(8-10)21-22-20-12/h1-8H,9H2,(H2,17,18,19)(H,20,21,22). The van der Waals surface area contributed by atoms with Crippen molar-refractivity contribution in [2.45, 2.75) is 6.54 Å². The van der Waals surface area contributed by atoms with E-state index in [4.69, 9.17) is 4.42 Å². The highest BCUT2D eigenvalue weighted by Gasteiger charge is 2.17. The van der Waals surface area contributed by atoms with E-state index >= 15 is 0 Å². The number of aromatic amines is 1. The van der Waals surface area contributed by atoms with Gasteiger partial charge in [0.05, 0.1) is 17.7 Å². The van der Waals surface area contributed by atoms with Gasteiger partial charge in [0.25, 0.3) is 0 Å². The maximum Gasteiger partial charge on any atom is 0.311 e. The van der Waals surface area contributed by atoms with Crippen molar-refractivity contribution in [2.75, 3.05) is 10.6 Å². The van der Waals surface area contributed by atoms with Gasteiger partial charge in [-0.15, -0.1) is 0 Å². The monoisotopic (exact) mass is 351 g/mol. The number of aromatic nitrogens is 4. The fourth-order valence-electron chi connectivity index (χ4n) is 2.44. The Labute approximate surface area is 146 Å². The summed E-state index contributed by atoms with van der Waals surface area (Å²) in [5, 5.41) is 27.8. The number of rotatable bonds is 6. The smallest absolute Gasteiger partial charge is 0.311 e. The zero-order valence-electron chi connectivity index (χ0n) is 13.3. The molecule has 0 bridgehead atoms. The van der Waals surface area contributed by atoms with E-state index in [1.165, 1.54) is 6.07 Å². The summed E-state index contributed by atoms with van der Waals surface area (Å²) in [5.41, 5.74) is 1.83. The van der Waals surface area contributed by atoms with Crippen molar-refractivity contribution in [1.29, 1.82) is 0 Å². The number of pyridine rings is 1. The van der Waals surface area contributed by atoms with Gasteiger partial charge < -0.3 is 15.1 Å². The predicted octanol–water partition coefficient (Wildman–Crippen LogP) is 3.21. The summed E-state index contributed by atoms with van der Waals surface area (Å²) in [6.45, 7) is 0.419. The molecule has 130 valence electrons. The van der Waals surface area contributed by atoms with Crippen LogP contribution in [0.25, 0.3) is 11.0 Å². The Morgan fingerprint density at radius 1 is 1.15 bits per heavy atom. The van der Waals surface area contributed by atoms with E-state index in [0.29, 0.717) is 29.1 Å². The molecule has 0 aliphatic carbocycles. The van der Waals surface area contributed by atoms with Crippen molar-refractivity contribution in [2.24, 2.45) is 0 Å². The van der Waals surface area contributed by atoms with Crippen LogP contribution in [0.3, 0.4) is 0 Å². The number of furan rings is 1. The van der Waals surface area contributed by atoms with Gasteiger partial charge in [0, 0.05) is 11.8 Å².